The summed E-state index contributed by atoms with van der Waals surface area (Å²) in [5.41, 5.74) is 0.889. The maximum atomic E-state index is 7.97. The highest BCUT2D eigenvalue weighted by Gasteiger charge is 2.37. The highest BCUT2D eigenvalue weighted by Crippen LogP contribution is 2.37. The van der Waals surface area contributed by atoms with Crippen LogP contribution in [-0.2, 0) is 0 Å². The Kier molecular flexibility index (Phi) is 2.35. The van der Waals surface area contributed by atoms with Crippen LogP contribution in [0.2, 0.25) is 0 Å². The second kappa shape index (κ2) is 2.93. The fourth-order valence-electron chi connectivity index (χ4n) is 1.90. The normalized spacial score (nSPS) is 27.1. The van der Waals surface area contributed by atoms with Crippen LogP contribution in [0.25, 0.3) is 0 Å². The molecule has 0 aromatic heterocycles. The summed E-state index contributed by atoms with van der Waals surface area (Å²) < 4.78 is 0. The minimum atomic E-state index is -0.0924. The zero-order chi connectivity index (χ0) is 10.3. The molecule has 1 aliphatic carbocycles. The molecule has 0 saturated heterocycles. The van der Waals surface area contributed by atoms with Crippen LogP contribution in [-0.4, -0.2) is 11.4 Å². The van der Waals surface area contributed by atoms with Gasteiger partial charge in [-0.1, -0.05) is 34.1 Å². The van der Waals surface area contributed by atoms with Crippen molar-refractivity contribution in [3.05, 3.63) is 0 Å². The van der Waals surface area contributed by atoms with Crippen LogP contribution in [0.3, 0.4) is 0 Å². The lowest BCUT2D eigenvalue weighted by Crippen LogP contribution is -2.35. The third kappa shape index (κ3) is 1.82. The fourth-order valence-corrected chi connectivity index (χ4v) is 1.90. The zero-order valence-corrected chi connectivity index (χ0v) is 9.12. The van der Waals surface area contributed by atoms with E-state index in [4.69, 9.17) is 10.8 Å². The summed E-state index contributed by atoms with van der Waals surface area (Å²) in [5.74, 6) is 0. The summed E-state index contributed by atoms with van der Waals surface area (Å²) in [5, 5.41) is 15.9. The molecule has 0 radical (unpaired) electrons. The van der Waals surface area contributed by atoms with Crippen LogP contribution >= 0.6 is 0 Å². The molecule has 74 valence electrons. The molecular weight excluding hydrogens is 160 g/mol. The van der Waals surface area contributed by atoms with E-state index < -0.39 is 0 Å². The summed E-state index contributed by atoms with van der Waals surface area (Å²) >= 11 is 0. The van der Waals surface area contributed by atoms with E-state index in [0.29, 0.717) is 11.4 Å². The van der Waals surface area contributed by atoms with Crippen molar-refractivity contribution in [2.24, 2.45) is 10.8 Å². The topological polar surface area (TPSA) is 47.7 Å². The second-order valence-electron chi connectivity index (χ2n) is 5.37. The minimum Gasteiger partial charge on any atom is -0.303 e. The van der Waals surface area contributed by atoms with E-state index in [0.717, 1.165) is 19.3 Å². The molecule has 1 saturated carbocycles. The largest absolute Gasteiger partial charge is 0.303 e. The van der Waals surface area contributed by atoms with Gasteiger partial charge in [0.05, 0.1) is 11.4 Å². The van der Waals surface area contributed by atoms with Crippen LogP contribution in [0.1, 0.15) is 47.0 Å². The molecule has 0 heterocycles. The first kappa shape index (κ1) is 10.4. The van der Waals surface area contributed by atoms with E-state index in [1.165, 1.54) is 0 Å². The van der Waals surface area contributed by atoms with E-state index in [1.54, 1.807) is 0 Å². The summed E-state index contributed by atoms with van der Waals surface area (Å²) in [6.45, 7) is 8.30. The monoisotopic (exact) mass is 180 g/mol. The zero-order valence-electron chi connectivity index (χ0n) is 9.12. The van der Waals surface area contributed by atoms with Crippen LogP contribution in [0, 0.1) is 21.6 Å². The molecule has 0 amide bonds. The van der Waals surface area contributed by atoms with Crippen molar-refractivity contribution >= 4 is 11.4 Å². The first-order chi connectivity index (χ1) is 5.77. The van der Waals surface area contributed by atoms with Crippen molar-refractivity contribution in [1.29, 1.82) is 10.8 Å². The summed E-state index contributed by atoms with van der Waals surface area (Å²) in [4.78, 5) is 0. The molecule has 1 aliphatic rings. The molecule has 0 unspecified atom stereocenters. The van der Waals surface area contributed by atoms with Gasteiger partial charge in [-0.15, -0.1) is 0 Å². The van der Waals surface area contributed by atoms with E-state index in [9.17, 15) is 0 Å². The Morgan fingerprint density at radius 3 is 1.46 bits per heavy atom. The van der Waals surface area contributed by atoms with Gasteiger partial charge in [0.25, 0.3) is 0 Å². The van der Waals surface area contributed by atoms with Gasteiger partial charge in [-0.2, -0.15) is 0 Å². The highest BCUT2D eigenvalue weighted by molar-refractivity contribution is 6.43. The van der Waals surface area contributed by atoms with Crippen molar-refractivity contribution in [3.8, 4) is 0 Å². The van der Waals surface area contributed by atoms with Gasteiger partial charge in [0.1, 0.15) is 0 Å². The molecule has 0 spiro atoms. The first-order valence-electron chi connectivity index (χ1n) is 4.96. The molecule has 2 N–H and O–H groups in total. The maximum absolute atomic E-state index is 7.97. The van der Waals surface area contributed by atoms with E-state index in [2.05, 4.69) is 27.7 Å². The molecule has 0 aromatic rings. The quantitative estimate of drug-likeness (QED) is 0.538. The fraction of sp³-hybridized carbons (Fsp3) is 0.818. The van der Waals surface area contributed by atoms with Crippen molar-refractivity contribution in [1.82, 2.24) is 0 Å². The lowest BCUT2D eigenvalue weighted by Gasteiger charge is -2.27. The standard InChI is InChI=1S/C11H20N2/c1-10(2)6-5-7-11(3,4)9(13)8(10)12/h12-13H,5-7H2,1-4H3. The Hall–Kier alpha value is -0.660. The van der Waals surface area contributed by atoms with Crippen molar-refractivity contribution in [2.45, 2.75) is 47.0 Å². The third-order valence-corrected chi connectivity index (χ3v) is 3.21. The van der Waals surface area contributed by atoms with E-state index >= 15 is 0 Å². The Labute approximate surface area is 80.8 Å². The summed E-state index contributed by atoms with van der Waals surface area (Å²) in [6, 6.07) is 0. The van der Waals surface area contributed by atoms with Crippen molar-refractivity contribution < 1.29 is 0 Å². The summed E-state index contributed by atoms with van der Waals surface area (Å²) in [6.07, 6.45) is 3.21. The van der Waals surface area contributed by atoms with Gasteiger partial charge >= 0.3 is 0 Å². The average molecular weight is 180 g/mol. The SMILES string of the molecule is CC1(C)CCCC(C)(C)C(=N)C1=N. The predicted octanol–water partition coefficient (Wildman–Crippen LogP) is 3.26. The Morgan fingerprint density at radius 1 is 0.846 bits per heavy atom. The number of hydrogen-bond acceptors (Lipinski definition) is 2. The smallest absolute Gasteiger partial charge is 0.0583 e. The van der Waals surface area contributed by atoms with Crippen LogP contribution in [0.4, 0.5) is 0 Å². The highest BCUT2D eigenvalue weighted by atomic mass is 14.6. The van der Waals surface area contributed by atoms with E-state index in [-0.39, 0.29) is 10.8 Å². The minimum absolute atomic E-state index is 0.0924. The van der Waals surface area contributed by atoms with Crippen molar-refractivity contribution in [3.63, 3.8) is 0 Å². The van der Waals surface area contributed by atoms with Gasteiger partial charge in [-0.25, -0.2) is 0 Å². The van der Waals surface area contributed by atoms with Crippen LogP contribution in [0.15, 0.2) is 0 Å². The molecule has 0 atom stereocenters. The lowest BCUT2D eigenvalue weighted by atomic mass is 9.78. The van der Waals surface area contributed by atoms with Crippen molar-refractivity contribution in [2.75, 3.05) is 0 Å². The molecule has 13 heavy (non-hydrogen) atoms. The van der Waals surface area contributed by atoms with Gasteiger partial charge < -0.3 is 10.8 Å². The van der Waals surface area contributed by atoms with Crippen LogP contribution in [0.5, 0.6) is 0 Å². The van der Waals surface area contributed by atoms with Gasteiger partial charge in [-0.05, 0) is 12.8 Å². The Balaban J connectivity index is 3.01. The Bertz CT molecular complexity index is 223. The molecular formula is C11H20N2. The average Bonchev–Trinajstić information content (AvgIpc) is 2.04. The van der Waals surface area contributed by atoms with Gasteiger partial charge in [-0.3, -0.25) is 0 Å². The molecule has 1 fully saturated rings. The lowest BCUT2D eigenvalue weighted by molar-refractivity contribution is 0.410. The molecule has 2 heteroatoms. The molecule has 0 aliphatic heterocycles. The number of hydrogen-bond donors (Lipinski definition) is 2. The number of nitrogens with one attached hydrogen (secondary N) is 2. The van der Waals surface area contributed by atoms with Gasteiger partial charge in [0, 0.05) is 10.8 Å². The molecule has 2 nitrogen and oxygen atoms in total. The predicted molar refractivity (Wildman–Crippen MR) is 56.9 cm³/mol. The van der Waals surface area contributed by atoms with Gasteiger partial charge in [0.15, 0.2) is 0 Å². The molecule has 1 rings (SSSR count). The van der Waals surface area contributed by atoms with Crippen LogP contribution < -0.4 is 0 Å². The maximum Gasteiger partial charge on any atom is 0.0583 e. The third-order valence-electron chi connectivity index (χ3n) is 3.21. The second-order valence-corrected chi connectivity index (χ2v) is 5.37. The number of rotatable bonds is 0. The Morgan fingerprint density at radius 2 is 1.15 bits per heavy atom. The summed E-state index contributed by atoms with van der Waals surface area (Å²) in [7, 11) is 0. The van der Waals surface area contributed by atoms with E-state index in [1.807, 2.05) is 0 Å². The molecule has 0 bridgehead atoms. The first-order valence-corrected chi connectivity index (χ1v) is 4.96. The van der Waals surface area contributed by atoms with Gasteiger partial charge in [0.2, 0.25) is 0 Å². The molecule has 0 aromatic carbocycles.